The van der Waals surface area contributed by atoms with E-state index in [0.717, 1.165) is 39.0 Å². The van der Waals surface area contributed by atoms with Crippen molar-refractivity contribution >= 4 is 34.2 Å². The minimum Gasteiger partial charge on any atom is -0.496 e. The Hall–Kier alpha value is -0.880. The second kappa shape index (κ2) is 6.72. The average Bonchev–Trinajstić information content (AvgIpc) is 2.43. The van der Waals surface area contributed by atoms with E-state index >= 15 is 0 Å². The van der Waals surface area contributed by atoms with E-state index in [0.29, 0.717) is 11.0 Å². The van der Waals surface area contributed by atoms with Gasteiger partial charge >= 0.3 is 0 Å². The first-order chi connectivity index (χ1) is 9.56. The van der Waals surface area contributed by atoms with E-state index < -0.39 is 0 Å². The lowest BCUT2D eigenvalue weighted by atomic mass is 10.1. The van der Waals surface area contributed by atoms with Gasteiger partial charge in [0, 0.05) is 0 Å². The third kappa shape index (κ3) is 3.23. The molecule has 106 valence electrons. The molecule has 1 heterocycles. The average molecular weight is 403 g/mol. The van der Waals surface area contributed by atoms with Gasteiger partial charge < -0.3 is 4.74 Å². The number of nitrogens with zero attached hydrogens (tertiary/aromatic N) is 2. The molecule has 0 saturated heterocycles. The molecule has 0 bridgehead atoms. The summed E-state index contributed by atoms with van der Waals surface area (Å²) in [5.74, 6) is 1.39. The van der Waals surface area contributed by atoms with Crippen LogP contribution in [0.2, 0.25) is 5.15 Å². The first-order valence-corrected chi connectivity index (χ1v) is 7.89. The van der Waals surface area contributed by atoms with Crippen molar-refractivity contribution in [2.75, 3.05) is 7.11 Å². The molecule has 1 aromatic carbocycles. The second-order valence-corrected chi connectivity index (χ2v) is 5.99. The van der Waals surface area contributed by atoms with Crippen molar-refractivity contribution in [1.29, 1.82) is 0 Å². The fraction of sp³-hybridized carbons (Fsp3) is 0.333. The van der Waals surface area contributed by atoms with Crippen LogP contribution in [0.15, 0.2) is 18.2 Å². The maximum absolute atomic E-state index is 6.23. The van der Waals surface area contributed by atoms with Crippen molar-refractivity contribution in [3.05, 3.63) is 38.2 Å². The maximum Gasteiger partial charge on any atom is 0.164 e. The Morgan fingerprint density at radius 1 is 1.30 bits per heavy atom. The molecule has 3 nitrogen and oxygen atoms in total. The Morgan fingerprint density at radius 3 is 2.70 bits per heavy atom. The SMILES string of the molecule is CCCc1nc(-c2ccc(C)cc2OC)nc(Cl)c1I. The molecule has 0 spiro atoms. The number of hydrogen-bond donors (Lipinski definition) is 0. The van der Waals surface area contributed by atoms with Crippen LogP contribution in [0.1, 0.15) is 24.6 Å². The standard InChI is InChI=1S/C15H16ClIN2O/c1-4-5-11-13(17)14(16)19-15(18-11)10-7-6-9(2)8-12(10)20-3/h6-8H,4-5H2,1-3H3. The van der Waals surface area contributed by atoms with Gasteiger partial charge in [-0.05, 0) is 53.6 Å². The highest BCUT2D eigenvalue weighted by Gasteiger charge is 2.14. The highest BCUT2D eigenvalue weighted by Crippen LogP contribution is 2.31. The van der Waals surface area contributed by atoms with Crippen LogP contribution in [0, 0.1) is 10.5 Å². The third-order valence-electron chi connectivity index (χ3n) is 2.96. The second-order valence-electron chi connectivity index (χ2n) is 4.55. The van der Waals surface area contributed by atoms with Gasteiger partial charge in [0.25, 0.3) is 0 Å². The molecule has 0 fully saturated rings. The van der Waals surface area contributed by atoms with Crippen molar-refractivity contribution in [1.82, 2.24) is 9.97 Å². The number of halogens is 2. The normalized spacial score (nSPS) is 10.7. The molecule has 0 aliphatic rings. The van der Waals surface area contributed by atoms with E-state index in [-0.39, 0.29) is 0 Å². The number of rotatable bonds is 4. The van der Waals surface area contributed by atoms with Crippen molar-refractivity contribution in [2.45, 2.75) is 26.7 Å². The number of ether oxygens (including phenoxy) is 1. The summed E-state index contributed by atoms with van der Waals surface area (Å²) in [6, 6.07) is 5.97. The van der Waals surface area contributed by atoms with Gasteiger partial charge in [-0.25, -0.2) is 9.97 Å². The molecule has 0 aliphatic heterocycles. The monoisotopic (exact) mass is 402 g/mol. The minimum absolute atomic E-state index is 0.502. The number of aryl methyl sites for hydroxylation is 2. The molecule has 2 rings (SSSR count). The Bertz CT molecular complexity index is 632. The van der Waals surface area contributed by atoms with Crippen LogP contribution < -0.4 is 4.74 Å². The van der Waals surface area contributed by atoms with Crippen molar-refractivity contribution in [3.63, 3.8) is 0 Å². The van der Waals surface area contributed by atoms with E-state index in [1.165, 1.54) is 0 Å². The van der Waals surface area contributed by atoms with E-state index in [2.05, 4.69) is 39.5 Å². The van der Waals surface area contributed by atoms with Gasteiger partial charge in [-0.1, -0.05) is 31.0 Å². The van der Waals surface area contributed by atoms with Crippen LogP contribution in [0.25, 0.3) is 11.4 Å². The summed E-state index contributed by atoms with van der Waals surface area (Å²) in [4.78, 5) is 9.04. The van der Waals surface area contributed by atoms with Crippen LogP contribution in [0.3, 0.4) is 0 Å². The molecule has 0 N–H and O–H groups in total. The number of benzene rings is 1. The molecule has 0 saturated carbocycles. The quantitative estimate of drug-likeness (QED) is 0.550. The Labute approximate surface area is 137 Å². The summed E-state index contributed by atoms with van der Waals surface area (Å²) in [6.07, 6.45) is 1.91. The van der Waals surface area contributed by atoms with E-state index in [1.807, 2.05) is 25.1 Å². The fourth-order valence-electron chi connectivity index (χ4n) is 1.97. The summed E-state index contributed by atoms with van der Waals surface area (Å²) >= 11 is 8.43. The maximum atomic E-state index is 6.23. The summed E-state index contributed by atoms with van der Waals surface area (Å²) in [6.45, 7) is 4.15. The van der Waals surface area contributed by atoms with Crippen molar-refractivity contribution < 1.29 is 4.74 Å². The molecule has 0 atom stereocenters. The van der Waals surface area contributed by atoms with Crippen LogP contribution in [-0.2, 0) is 6.42 Å². The van der Waals surface area contributed by atoms with Gasteiger partial charge in [-0.3, -0.25) is 0 Å². The van der Waals surface area contributed by atoms with Crippen molar-refractivity contribution in [2.24, 2.45) is 0 Å². The molecular formula is C15H16ClIN2O. The number of aromatic nitrogens is 2. The molecule has 0 radical (unpaired) electrons. The largest absolute Gasteiger partial charge is 0.496 e. The van der Waals surface area contributed by atoms with Crippen molar-refractivity contribution in [3.8, 4) is 17.1 Å². The molecule has 2 aromatic rings. The lowest BCUT2D eigenvalue weighted by Crippen LogP contribution is -2.01. The third-order valence-corrected chi connectivity index (χ3v) is 4.69. The zero-order valence-corrected chi connectivity index (χ0v) is 14.6. The van der Waals surface area contributed by atoms with Gasteiger partial charge in [-0.2, -0.15) is 0 Å². The van der Waals surface area contributed by atoms with Gasteiger partial charge in [0.2, 0.25) is 0 Å². The molecule has 1 aromatic heterocycles. The zero-order valence-electron chi connectivity index (χ0n) is 11.7. The highest BCUT2D eigenvalue weighted by molar-refractivity contribution is 14.1. The van der Waals surface area contributed by atoms with Gasteiger partial charge in [0.1, 0.15) is 10.9 Å². The lowest BCUT2D eigenvalue weighted by molar-refractivity contribution is 0.416. The zero-order chi connectivity index (χ0) is 14.7. The summed E-state index contributed by atoms with van der Waals surface area (Å²) in [5, 5.41) is 0.502. The van der Waals surface area contributed by atoms with E-state index in [9.17, 15) is 0 Å². The Balaban J connectivity index is 2.58. The summed E-state index contributed by atoms with van der Waals surface area (Å²) < 4.78 is 6.36. The minimum atomic E-state index is 0.502. The first kappa shape index (κ1) is 15.5. The summed E-state index contributed by atoms with van der Waals surface area (Å²) in [7, 11) is 1.65. The number of hydrogen-bond acceptors (Lipinski definition) is 3. The first-order valence-electron chi connectivity index (χ1n) is 6.43. The molecule has 0 unspecified atom stereocenters. The number of methoxy groups -OCH3 is 1. The lowest BCUT2D eigenvalue weighted by Gasteiger charge is -2.11. The fourth-order valence-corrected chi connectivity index (χ4v) is 2.67. The van der Waals surface area contributed by atoms with Crippen LogP contribution in [0.4, 0.5) is 0 Å². The molecule has 5 heteroatoms. The Kier molecular flexibility index (Phi) is 5.21. The predicted octanol–water partition coefficient (Wildman–Crippen LogP) is 4.67. The highest BCUT2D eigenvalue weighted by atomic mass is 127. The molecule has 0 amide bonds. The van der Waals surface area contributed by atoms with Crippen LogP contribution in [-0.4, -0.2) is 17.1 Å². The Morgan fingerprint density at radius 2 is 2.05 bits per heavy atom. The van der Waals surface area contributed by atoms with Gasteiger partial charge in [-0.15, -0.1) is 0 Å². The summed E-state index contributed by atoms with van der Waals surface area (Å²) in [5.41, 5.74) is 3.00. The predicted molar refractivity (Wildman–Crippen MR) is 90.5 cm³/mol. The van der Waals surface area contributed by atoms with E-state index in [1.54, 1.807) is 7.11 Å². The molecular weight excluding hydrogens is 387 g/mol. The topological polar surface area (TPSA) is 35.0 Å². The van der Waals surface area contributed by atoms with Crippen LogP contribution >= 0.6 is 34.2 Å². The molecule has 20 heavy (non-hydrogen) atoms. The van der Waals surface area contributed by atoms with Gasteiger partial charge in [0.15, 0.2) is 5.82 Å². The van der Waals surface area contributed by atoms with E-state index in [4.69, 9.17) is 16.3 Å². The molecule has 0 aliphatic carbocycles. The smallest absolute Gasteiger partial charge is 0.164 e. The van der Waals surface area contributed by atoms with Crippen LogP contribution in [0.5, 0.6) is 5.75 Å². The van der Waals surface area contributed by atoms with Gasteiger partial charge in [0.05, 0.1) is 21.9 Å².